The summed E-state index contributed by atoms with van der Waals surface area (Å²) in [5.74, 6) is -2.84. The number of thioether (sulfide) groups is 1. The molecule has 0 atom stereocenters. The topological polar surface area (TPSA) is 50.4 Å². The van der Waals surface area contributed by atoms with Crippen molar-refractivity contribution >= 4 is 23.4 Å². The molecule has 1 fully saturated rings. The van der Waals surface area contributed by atoms with Crippen LogP contribution in [0.3, 0.4) is 0 Å². The number of hydrogen-bond donors (Lipinski definition) is 2. The molecular formula is C14H18F2N2O2S. The number of ether oxygens (including phenoxy) is 1. The number of alkyl halides is 2. The molecule has 0 unspecified atom stereocenters. The molecule has 2 rings (SSSR count). The van der Waals surface area contributed by atoms with Crippen LogP contribution in [-0.4, -0.2) is 37.5 Å². The Morgan fingerprint density at radius 2 is 2.10 bits per heavy atom. The fourth-order valence-electron chi connectivity index (χ4n) is 2.11. The molecule has 1 aromatic carbocycles. The van der Waals surface area contributed by atoms with Gasteiger partial charge in [0, 0.05) is 4.90 Å². The number of rotatable bonds is 6. The number of piperidine rings is 1. The quantitative estimate of drug-likeness (QED) is 0.792. The number of amides is 1. The van der Waals surface area contributed by atoms with Gasteiger partial charge in [-0.2, -0.15) is 8.78 Å². The first kappa shape index (κ1) is 16.2. The summed E-state index contributed by atoms with van der Waals surface area (Å²) in [6.07, 6.45) is 1.85. The van der Waals surface area contributed by atoms with Crippen molar-refractivity contribution in [3.8, 4) is 0 Å². The zero-order valence-electron chi connectivity index (χ0n) is 11.5. The van der Waals surface area contributed by atoms with Crippen molar-refractivity contribution in [2.75, 3.05) is 25.0 Å². The number of para-hydroxylation sites is 1. The van der Waals surface area contributed by atoms with Crippen molar-refractivity contribution in [1.82, 2.24) is 5.32 Å². The Morgan fingerprint density at radius 3 is 2.81 bits per heavy atom. The van der Waals surface area contributed by atoms with Crippen LogP contribution in [0.1, 0.15) is 12.8 Å². The van der Waals surface area contributed by atoms with Crippen LogP contribution in [0.5, 0.6) is 0 Å². The number of carbonyl (C=O) groups excluding carboxylic acids is 1. The highest BCUT2D eigenvalue weighted by Gasteiger charge is 2.16. The van der Waals surface area contributed by atoms with Gasteiger partial charge in [0.2, 0.25) is 5.91 Å². The van der Waals surface area contributed by atoms with E-state index in [1.165, 1.54) is 0 Å². The van der Waals surface area contributed by atoms with Crippen LogP contribution in [0.25, 0.3) is 0 Å². The Bertz CT molecular complexity index is 468. The van der Waals surface area contributed by atoms with Crippen molar-refractivity contribution in [2.24, 2.45) is 0 Å². The summed E-state index contributed by atoms with van der Waals surface area (Å²) >= 11 is 0.416. The van der Waals surface area contributed by atoms with Crippen molar-refractivity contribution < 1.29 is 18.3 Å². The fraction of sp³-hybridized carbons (Fsp3) is 0.500. The highest BCUT2D eigenvalue weighted by molar-refractivity contribution is 7.99. The van der Waals surface area contributed by atoms with E-state index < -0.39 is 5.76 Å². The predicted octanol–water partition coefficient (Wildman–Crippen LogP) is 2.71. The fourth-order valence-corrected chi connectivity index (χ4v) is 2.71. The molecule has 21 heavy (non-hydrogen) atoms. The van der Waals surface area contributed by atoms with E-state index in [9.17, 15) is 13.6 Å². The molecule has 1 heterocycles. The number of carbonyl (C=O) groups is 1. The van der Waals surface area contributed by atoms with Crippen molar-refractivity contribution in [3.63, 3.8) is 0 Å². The molecule has 4 nitrogen and oxygen atoms in total. The largest absolute Gasteiger partial charge is 0.368 e. The lowest BCUT2D eigenvalue weighted by atomic mass is 10.1. The minimum absolute atomic E-state index is 0.0572. The van der Waals surface area contributed by atoms with Gasteiger partial charge in [-0.05, 0) is 38.1 Å². The zero-order valence-corrected chi connectivity index (χ0v) is 12.3. The number of benzene rings is 1. The van der Waals surface area contributed by atoms with Gasteiger partial charge in [-0.3, -0.25) is 4.79 Å². The number of hydrogen-bond acceptors (Lipinski definition) is 4. The predicted molar refractivity (Wildman–Crippen MR) is 78.8 cm³/mol. The Labute approximate surface area is 126 Å². The van der Waals surface area contributed by atoms with E-state index in [1.807, 2.05) is 0 Å². The lowest BCUT2D eigenvalue weighted by Crippen LogP contribution is -2.34. The average Bonchev–Trinajstić information content (AvgIpc) is 2.48. The maximum atomic E-state index is 12.4. The van der Waals surface area contributed by atoms with Crippen molar-refractivity contribution in [2.45, 2.75) is 29.6 Å². The molecule has 1 amide bonds. The first-order valence-electron chi connectivity index (χ1n) is 6.81. The third-order valence-corrected chi connectivity index (χ3v) is 3.90. The molecule has 2 N–H and O–H groups in total. The molecule has 1 aliphatic rings. The summed E-state index contributed by atoms with van der Waals surface area (Å²) in [4.78, 5) is 12.2. The van der Waals surface area contributed by atoms with Gasteiger partial charge in [0.25, 0.3) is 5.76 Å². The minimum Gasteiger partial charge on any atom is -0.368 e. The number of anilines is 1. The van der Waals surface area contributed by atoms with Gasteiger partial charge < -0.3 is 15.4 Å². The minimum atomic E-state index is -2.52. The molecule has 1 aromatic rings. The van der Waals surface area contributed by atoms with Crippen LogP contribution < -0.4 is 10.6 Å². The molecule has 1 saturated heterocycles. The van der Waals surface area contributed by atoms with Gasteiger partial charge in [-0.15, -0.1) is 0 Å². The molecule has 7 heteroatoms. The summed E-state index contributed by atoms with van der Waals surface area (Å²) in [7, 11) is 0. The summed E-state index contributed by atoms with van der Waals surface area (Å²) in [5, 5.41) is 5.84. The maximum absolute atomic E-state index is 12.4. The van der Waals surface area contributed by atoms with Gasteiger partial charge in [0.05, 0.1) is 11.8 Å². The van der Waals surface area contributed by atoms with E-state index in [4.69, 9.17) is 4.74 Å². The van der Waals surface area contributed by atoms with Crippen molar-refractivity contribution in [1.29, 1.82) is 0 Å². The van der Waals surface area contributed by atoms with Crippen LogP contribution in [0.15, 0.2) is 29.2 Å². The second-order valence-corrected chi connectivity index (χ2v) is 5.72. The van der Waals surface area contributed by atoms with E-state index in [0.29, 0.717) is 22.3 Å². The molecule has 0 aliphatic carbocycles. The van der Waals surface area contributed by atoms with Crippen LogP contribution in [-0.2, 0) is 9.53 Å². The Balaban J connectivity index is 1.84. The lowest BCUT2D eigenvalue weighted by Gasteiger charge is -2.22. The molecule has 1 aliphatic heterocycles. The molecule has 0 spiro atoms. The van der Waals surface area contributed by atoms with E-state index >= 15 is 0 Å². The second kappa shape index (κ2) is 8.31. The molecule has 0 aromatic heterocycles. The van der Waals surface area contributed by atoms with Crippen LogP contribution in [0.4, 0.5) is 14.5 Å². The summed E-state index contributed by atoms with van der Waals surface area (Å²) < 4.78 is 30.4. The first-order chi connectivity index (χ1) is 10.1. The van der Waals surface area contributed by atoms with Gasteiger partial charge in [0.1, 0.15) is 6.61 Å². The van der Waals surface area contributed by atoms with Crippen molar-refractivity contribution in [3.05, 3.63) is 24.3 Å². The average molecular weight is 316 g/mol. The highest BCUT2D eigenvalue weighted by atomic mass is 32.2. The van der Waals surface area contributed by atoms with E-state index in [0.717, 1.165) is 25.9 Å². The molecule has 0 radical (unpaired) electrons. The third kappa shape index (κ3) is 5.61. The number of halogens is 2. The smallest absolute Gasteiger partial charge is 0.288 e. The highest BCUT2D eigenvalue weighted by Crippen LogP contribution is 2.31. The molecule has 0 saturated carbocycles. The summed E-state index contributed by atoms with van der Waals surface area (Å²) in [6.45, 7) is 1.72. The van der Waals surface area contributed by atoms with E-state index in [1.54, 1.807) is 24.3 Å². The van der Waals surface area contributed by atoms with E-state index in [2.05, 4.69) is 10.6 Å². The maximum Gasteiger partial charge on any atom is 0.288 e. The normalized spacial score (nSPS) is 16.1. The Kier molecular flexibility index (Phi) is 6.41. The van der Waals surface area contributed by atoms with Gasteiger partial charge in [-0.25, -0.2) is 0 Å². The zero-order chi connectivity index (χ0) is 15.1. The van der Waals surface area contributed by atoms with Crippen LogP contribution >= 0.6 is 11.8 Å². The number of nitrogens with one attached hydrogen (secondary N) is 2. The van der Waals surface area contributed by atoms with Crippen LogP contribution in [0, 0.1) is 0 Å². The molecule has 116 valence electrons. The van der Waals surface area contributed by atoms with Gasteiger partial charge in [0.15, 0.2) is 0 Å². The standard InChI is InChI=1S/C14H18F2N2O2S/c15-14(16)21-12-4-2-1-3-11(12)18-13(19)9-20-10-5-7-17-8-6-10/h1-4,10,14,17H,5-9H2,(H,18,19). The van der Waals surface area contributed by atoms with Gasteiger partial charge >= 0.3 is 0 Å². The Hall–Kier alpha value is -1.18. The lowest BCUT2D eigenvalue weighted by molar-refractivity contribution is -0.123. The summed E-state index contributed by atoms with van der Waals surface area (Å²) in [6, 6.07) is 6.51. The Morgan fingerprint density at radius 1 is 1.38 bits per heavy atom. The van der Waals surface area contributed by atoms with Gasteiger partial charge in [-0.1, -0.05) is 23.9 Å². The SMILES string of the molecule is O=C(COC1CCNCC1)Nc1ccccc1SC(F)F. The van der Waals surface area contributed by atoms with E-state index in [-0.39, 0.29) is 18.6 Å². The first-order valence-corrected chi connectivity index (χ1v) is 7.69. The summed E-state index contributed by atoms with van der Waals surface area (Å²) in [5.41, 5.74) is 0.390. The molecule has 0 bridgehead atoms. The second-order valence-electron chi connectivity index (χ2n) is 4.68. The van der Waals surface area contributed by atoms with Crippen LogP contribution in [0.2, 0.25) is 0 Å². The monoisotopic (exact) mass is 316 g/mol. The third-order valence-electron chi connectivity index (χ3n) is 3.11. The molecular weight excluding hydrogens is 298 g/mol.